The van der Waals surface area contributed by atoms with Crippen molar-refractivity contribution in [3.05, 3.63) is 47.5 Å². The SMILES string of the molecule is Fc1c(F)c(F)c2c(c1F)-c1ccccc1-2. The monoisotopic (exact) mass is 224 g/mol. The molecule has 0 aromatic heterocycles. The molecule has 0 bridgehead atoms. The average molecular weight is 224 g/mol. The van der Waals surface area contributed by atoms with E-state index in [4.69, 9.17) is 0 Å². The smallest absolute Gasteiger partial charge is 0.198 e. The van der Waals surface area contributed by atoms with Crippen molar-refractivity contribution in [1.82, 2.24) is 0 Å². The van der Waals surface area contributed by atoms with Crippen LogP contribution in [-0.4, -0.2) is 0 Å². The zero-order valence-electron chi connectivity index (χ0n) is 7.82. The van der Waals surface area contributed by atoms with Crippen LogP contribution < -0.4 is 0 Å². The Morgan fingerprint density at radius 1 is 0.562 bits per heavy atom. The predicted molar refractivity (Wildman–Crippen MR) is 50.7 cm³/mol. The normalized spacial score (nSPS) is 11.8. The van der Waals surface area contributed by atoms with Gasteiger partial charge in [-0.1, -0.05) is 24.3 Å². The fourth-order valence-electron chi connectivity index (χ4n) is 1.99. The first-order valence-corrected chi connectivity index (χ1v) is 4.58. The highest BCUT2D eigenvalue weighted by Gasteiger charge is 2.34. The van der Waals surface area contributed by atoms with Gasteiger partial charge in [0.25, 0.3) is 0 Å². The quantitative estimate of drug-likeness (QED) is 0.308. The highest BCUT2D eigenvalue weighted by molar-refractivity contribution is 6.02. The minimum absolute atomic E-state index is 0.174. The Bertz CT molecular complexity index is 563. The molecule has 0 atom stereocenters. The van der Waals surface area contributed by atoms with Crippen molar-refractivity contribution in [2.24, 2.45) is 0 Å². The second-order valence-electron chi connectivity index (χ2n) is 3.55. The van der Waals surface area contributed by atoms with Gasteiger partial charge < -0.3 is 0 Å². The summed E-state index contributed by atoms with van der Waals surface area (Å²) in [6.07, 6.45) is 0. The first-order chi connectivity index (χ1) is 7.63. The molecule has 0 saturated heterocycles. The van der Waals surface area contributed by atoms with E-state index < -0.39 is 23.3 Å². The molecular formula is C12H4F4. The largest absolute Gasteiger partial charge is 0.203 e. The topological polar surface area (TPSA) is 0 Å². The molecule has 1 aliphatic rings. The Kier molecular flexibility index (Phi) is 1.67. The number of halogens is 4. The molecule has 0 fully saturated rings. The Balaban J connectivity index is 2.41. The molecule has 2 aromatic rings. The molecule has 0 heterocycles. The molecule has 0 saturated carbocycles. The van der Waals surface area contributed by atoms with Gasteiger partial charge in [-0.15, -0.1) is 0 Å². The van der Waals surface area contributed by atoms with Gasteiger partial charge in [-0.3, -0.25) is 0 Å². The lowest BCUT2D eigenvalue weighted by atomic mass is 9.80. The maximum atomic E-state index is 13.4. The van der Waals surface area contributed by atoms with Gasteiger partial charge in [0.15, 0.2) is 23.3 Å². The van der Waals surface area contributed by atoms with Gasteiger partial charge in [0.1, 0.15) is 0 Å². The van der Waals surface area contributed by atoms with Gasteiger partial charge in [-0.05, 0) is 11.1 Å². The van der Waals surface area contributed by atoms with Gasteiger partial charge in [0.2, 0.25) is 0 Å². The van der Waals surface area contributed by atoms with Crippen LogP contribution in [0.4, 0.5) is 17.6 Å². The van der Waals surface area contributed by atoms with Crippen LogP contribution in [-0.2, 0) is 0 Å². The third-order valence-electron chi connectivity index (χ3n) is 2.73. The molecule has 0 amide bonds. The van der Waals surface area contributed by atoms with Crippen molar-refractivity contribution >= 4 is 0 Å². The van der Waals surface area contributed by atoms with Crippen LogP contribution in [0.2, 0.25) is 0 Å². The van der Waals surface area contributed by atoms with Crippen LogP contribution in [0.5, 0.6) is 0 Å². The summed E-state index contributed by atoms with van der Waals surface area (Å²) in [6.45, 7) is 0. The summed E-state index contributed by atoms with van der Waals surface area (Å²) >= 11 is 0. The fourth-order valence-corrected chi connectivity index (χ4v) is 1.99. The summed E-state index contributed by atoms with van der Waals surface area (Å²) in [4.78, 5) is 0. The molecule has 1 aliphatic carbocycles. The summed E-state index contributed by atoms with van der Waals surface area (Å²) in [5.41, 5.74) is 0.472. The maximum absolute atomic E-state index is 13.4. The fraction of sp³-hybridized carbons (Fsp3) is 0. The Morgan fingerprint density at radius 2 is 0.938 bits per heavy atom. The minimum atomic E-state index is -1.76. The van der Waals surface area contributed by atoms with E-state index in [1.54, 1.807) is 12.1 Å². The van der Waals surface area contributed by atoms with E-state index in [-0.39, 0.29) is 11.1 Å². The zero-order chi connectivity index (χ0) is 11.4. The van der Waals surface area contributed by atoms with E-state index >= 15 is 0 Å². The molecule has 0 nitrogen and oxygen atoms in total. The molecule has 4 heteroatoms. The number of hydrogen-bond donors (Lipinski definition) is 0. The number of rotatable bonds is 0. The van der Waals surface area contributed by atoms with E-state index in [0.717, 1.165) is 0 Å². The lowest BCUT2D eigenvalue weighted by Crippen LogP contribution is -2.10. The van der Waals surface area contributed by atoms with E-state index in [2.05, 4.69) is 0 Å². The van der Waals surface area contributed by atoms with E-state index in [1.807, 2.05) is 0 Å². The van der Waals surface area contributed by atoms with E-state index in [0.29, 0.717) is 11.1 Å². The van der Waals surface area contributed by atoms with Gasteiger partial charge >= 0.3 is 0 Å². The molecule has 0 N–H and O–H groups in total. The van der Waals surface area contributed by atoms with Gasteiger partial charge in [0, 0.05) is 11.1 Å². The van der Waals surface area contributed by atoms with Crippen LogP contribution in [0.1, 0.15) is 0 Å². The second kappa shape index (κ2) is 2.84. The molecule has 80 valence electrons. The Morgan fingerprint density at radius 3 is 1.31 bits per heavy atom. The summed E-state index contributed by atoms with van der Waals surface area (Å²) in [5, 5.41) is 0. The first kappa shape index (κ1) is 9.39. The second-order valence-corrected chi connectivity index (χ2v) is 3.55. The van der Waals surface area contributed by atoms with Gasteiger partial charge in [-0.2, -0.15) is 0 Å². The van der Waals surface area contributed by atoms with Crippen LogP contribution >= 0.6 is 0 Å². The van der Waals surface area contributed by atoms with E-state index in [1.165, 1.54) is 12.1 Å². The van der Waals surface area contributed by atoms with Crippen LogP contribution in [0.25, 0.3) is 22.3 Å². The van der Waals surface area contributed by atoms with Crippen molar-refractivity contribution in [2.75, 3.05) is 0 Å². The third kappa shape index (κ3) is 0.894. The van der Waals surface area contributed by atoms with Crippen LogP contribution in [0, 0.1) is 23.3 Å². The lowest BCUT2D eigenvalue weighted by molar-refractivity contribution is 0.411. The molecule has 3 rings (SSSR count). The van der Waals surface area contributed by atoms with Gasteiger partial charge in [-0.25, -0.2) is 17.6 Å². The van der Waals surface area contributed by atoms with Crippen molar-refractivity contribution in [3.8, 4) is 22.3 Å². The molecule has 0 unspecified atom stereocenters. The lowest BCUT2D eigenvalue weighted by Gasteiger charge is -2.25. The predicted octanol–water partition coefficient (Wildman–Crippen LogP) is 3.89. The van der Waals surface area contributed by atoms with Crippen molar-refractivity contribution in [3.63, 3.8) is 0 Å². The van der Waals surface area contributed by atoms with Gasteiger partial charge in [0.05, 0.1) is 0 Å². The third-order valence-corrected chi connectivity index (χ3v) is 2.73. The van der Waals surface area contributed by atoms with Crippen LogP contribution in [0.15, 0.2) is 24.3 Å². The number of fused-ring (bicyclic) bond motifs is 4. The number of hydrogen-bond acceptors (Lipinski definition) is 0. The van der Waals surface area contributed by atoms with Crippen molar-refractivity contribution in [1.29, 1.82) is 0 Å². The van der Waals surface area contributed by atoms with Crippen molar-refractivity contribution < 1.29 is 17.6 Å². The summed E-state index contributed by atoms with van der Waals surface area (Å²) in [7, 11) is 0. The molecular weight excluding hydrogens is 220 g/mol. The summed E-state index contributed by atoms with van der Waals surface area (Å²) in [6, 6.07) is 6.33. The Hall–Kier alpha value is -1.84. The molecule has 0 spiro atoms. The standard InChI is InChI=1S/C12H4F4/c13-9-7-5-3-1-2-4-6(5)8(7)10(14)12(16)11(9)15/h1-4H. The highest BCUT2D eigenvalue weighted by atomic mass is 19.2. The van der Waals surface area contributed by atoms with E-state index in [9.17, 15) is 17.6 Å². The summed E-state index contributed by atoms with van der Waals surface area (Å²) in [5.74, 6) is -6.17. The summed E-state index contributed by atoms with van der Waals surface area (Å²) < 4.78 is 52.7. The number of benzene rings is 2. The first-order valence-electron chi connectivity index (χ1n) is 4.58. The molecule has 0 aliphatic heterocycles. The maximum Gasteiger partial charge on any atom is 0.198 e. The minimum Gasteiger partial charge on any atom is -0.203 e. The molecule has 0 radical (unpaired) electrons. The van der Waals surface area contributed by atoms with Crippen LogP contribution in [0.3, 0.4) is 0 Å². The molecule has 2 aromatic carbocycles. The average Bonchev–Trinajstić information content (AvgIpc) is 2.27. The molecule has 16 heavy (non-hydrogen) atoms. The Labute approximate surface area is 88.1 Å². The highest BCUT2D eigenvalue weighted by Crippen LogP contribution is 2.50. The van der Waals surface area contributed by atoms with Crippen molar-refractivity contribution in [2.45, 2.75) is 0 Å². The zero-order valence-corrected chi connectivity index (χ0v) is 7.82.